The summed E-state index contributed by atoms with van der Waals surface area (Å²) < 4.78 is 55.6. The first-order valence-electron chi connectivity index (χ1n) is 10.7. The Morgan fingerprint density at radius 1 is 1.12 bits per heavy atom. The smallest absolute Gasteiger partial charge is 0.251 e. The van der Waals surface area contributed by atoms with Gasteiger partial charge in [0.1, 0.15) is 0 Å². The van der Waals surface area contributed by atoms with Gasteiger partial charge in [0.2, 0.25) is 11.7 Å². The second-order valence-electron chi connectivity index (χ2n) is 8.47. The molecule has 1 saturated carbocycles. The molecule has 0 spiro atoms. The molecule has 0 radical (unpaired) electrons. The third-order valence-electron chi connectivity index (χ3n) is 6.01. The summed E-state index contributed by atoms with van der Waals surface area (Å²) in [6.45, 7) is 0.359. The summed E-state index contributed by atoms with van der Waals surface area (Å²) in [4.78, 5) is 16.9. The van der Waals surface area contributed by atoms with Crippen molar-refractivity contribution in [1.29, 1.82) is 0 Å². The van der Waals surface area contributed by atoms with Crippen molar-refractivity contribution in [3.63, 3.8) is 0 Å². The molecule has 11 heteroatoms. The highest BCUT2D eigenvalue weighted by atomic mass is 32.2. The van der Waals surface area contributed by atoms with Crippen molar-refractivity contribution in [2.75, 3.05) is 12.8 Å². The molecule has 2 aromatic carbocycles. The average molecular weight is 492 g/mol. The molecule has 0 unspecified atom stereocenters. The minimum absolute atomic E-state index is 0.0729. The van der Waals surface area contributed by atoms with Crippen molar-refractivity contribution in [3.05, 3.63) is 59.5 Å². The van der Waals surface area contributed by atoms with Gasteiger partial charge in [0, 0.05) is 29.8 Å². The number of carbonyl (C=O) groups is 1. The standard InChI is InChI=1S/C23H23F2N3O5S/c1-34(31,32)17-8-6-14(7-9-17)21-27-23(33-28-21)15-4-2-13(3-5-15)12-26-22(30)16-10-18(24)20(29)19(25)11-16/h6-11,13,15,29H,2-5,12H2,1H3,(H,26,30). The molecule has 1 aromatic heterocycles. The van der Waals surface area contributed by atoms with Gasteiger partial charge in [-0.15, -0.1) is 0 Å². The van der Waals surface area contributed by atoms with Crippen molar-refractivity contribution in [2.45, 2.75) is 36.5 Å². The first-order chi connectivity index (χ1) is 16.1. The zero-order chi connectivity index (χ0) is 24.5. The van der Waals surface area contributed by atoms with Crippen molar-refractivity contribution in [1.82, 2.24) is 15.5 Å². The van der Waals surface area contributed by atoms with Crippen molar-refractivity contribution < 1.29 is 31.6 Å². The van der Waals surface area contributed by atoms with Gasteiger partial charge < -0.3 is 14.9 Å². The van der Waals surface area contributed by atoms with Gasteiger partial charge in [-0.3, -0.25) is 4.79 Å². The number of nitrogens with zero attached hydrogens (tertiary/aromatic N) is 2. The minimum atomic E-state index is -3.28. The SMILES string of the molecule is CS(=O)(=O)c1ccc(-c2noc(C3CCC(CNC(=O)c4cc(F)c(O)c(F)c4)CC3)n2)cc1. The van der Waals surface area contributed by atoms with Crippen LogP contribution in [-0.4, -0.2) is 42.4 Å². The number of benzene rings is 2. The lowest BCUT2D eigenvalue weighted by molar-refractivity contribution is 0.0941. The highest BCUT2D eigenvalue weighted by Crippen LogP contribution is 2.35. The number of hydrogen-bond donors (Lipinski definition) is 2. The normalized spacial score (nSPS) is 18.6. The molecule has 180 valence electrons. The minimum Gasteiger partial charge on any atom is -0.503 e. The third-order valence-corrected chi connectivity index (χ3v) is 7.14. The van der Waals surface area contributed by atoms with Gasteiger partial charge in [-0.05, 0) is 68.0 Å². The maximum Gasteiger partial charge on any atom is 0.251 e. The highest BCUT2D eigenvalue weighted by Gasteiger charge is 2.27. The monoisotopic (exact) mass is 491 g/mol. The average Bonchev–Trinajstić information content (AvgIpc) is 3.31. The van der Waals surface area contributed by atoms with Crippen LogP contribution in [0, 0.1) is 17.6 Å². The van der Waals surface area contributed by atoms with Crippen LogP contribution in [0.4, 0.5) is 8.78 Å². The first-order valence-corrected chi connectivity index (χ1v) is 12.6. The molecule has 0 bridgehead atoms. The fourth-order valence-electron chi connectivity index (χ4n) is 4.02. The van der Waals surface area contributed by atoms with E-state index in [0.717, 1.165) is 44.1 Å². The lowest BCUT2D eigenvalue weighted by Gasteiger charge is -2.26. The number of amides is 1. The highest BCUT2D eigenvalue weighted by molar-refractivity contribution is 7.90. The summed E-state index contributed by atoms with van der Waals surface area (Å²) in [7, 11) is -3.28. The Labute approximate surface area is 194 Å². The van der Waals surface area contributed by atoms with Gasteiger partial charge in [0.05, 0.1) is 4.90 Å². The van der Waals surface area contributed by atoms with Crippen molar-refractivity contribution in [3.8, 4) is 17.1 Å². The molecule has 34 heavy (non-hydrogen) atoms. The Balaban J connectivity index is 1.30. The molecule has 0 aliphatic heterocycles. The van der Waals surface area contributed by atoms with E-state index in [2.05, 4.69) is 15.5 Å². The molecule has 0 atom stereocenters. The van der Waals surface area contributed by atoms with Crippen LogP contribution < -0.4 is 5.32 Å². The van der Waals surface area contributed by atoms with Crippen molar-refractivity contribution in [2.24, 2.45) is 5.92 Å². The van der Waals surface area contributed by atoms with Crippen LogP contribution in [0.25, 0.3) is 11.4 Å². The van der Waals surface area contributed by atoms with E-state index in [9.17, 15) is 22.0 Å². The number of phenolic OH excluding ortho intramolecular Hbond substituents is 1. The summed E-state index contributed by atoms with van der Waals surface area (Å²) in [6, 6.07) is 7.87. The Morgan fingerprint density at radius 3 is 2.32 bits per heavy atom. The summed E-state index contributed by atoms with van der Waals surface area (Å²) in [6.07, 6.45) is 4.28. The molecule has 1 aliphatic rings. The van der Waals surface area contributed by atoms with E-state index >= 15 is 0 Å². The lowest BCUT2D eigenvalue weighted by Crippen LogP contribution is -2.31. The first kappa shape index (κ1) is 23.8. The van der Waals surface area contributed by atoms with Gasteiger partial charge in [-0.2, -0.15) is 4.98 Å². The second-order valence-corrected chi connectivity index (χ2v) is 10.5. The zero-order valence-corrected chi connectivity index (χ0v) is 19.1. The van der Waals surface area contributed by atoms with Crippen LogP contribution in [0.15, 0.2) is 45.8 Å². The van der Waals surface area contributed by atoms with Gasteiger partial charge >= 0.3 is 0 Å². The van der Waals surface area contributed by atoms with Gasteiger partial charge in [0.25, 0.3) is 5.91 Å². The zero-order valence-electron chi connectivity index (χ0n) is 18.3. The lowest BCUT2D eigenvalue weighted by atomic mass is 9.82. The molecular formula is C23H23F2N3O5S. The molecular weight excluding hydrogens is 468 g/mol. The maximum absolute atomic E-state index is 13.5. The number of nitrogens with one attached hydrogen (secondary N) is 1. The van der Waals surface area contributed by atoms with Crippen LogP contribution in [0.5, 0.6) is 5.75 Å². The fraction of sp³-hybridized carbons (Fsp3) is 0.348. The summed E-state index contributed by atoms with van der Waals surface area (Å²) in [5, 5.41) is 15.9. The second kappa shape index (κ2) is 9.49. The predicted molar refractivity (Wildman–Crippen MR) is 118 cm³/mol. The van der Waals surface area contributed by atoms with Crippen LogP contribution in [0.1, 0.15) is 47.8 Å². The number of aromatic hydroxyl groups is 1. The number of halogens is 2. The summed E-state index contributed by atoms with van der Waals surface area (Å²) in [5.41, 5.74) is 0.463. The van der Waals surface area contributed by atoms with E-state index < -0.39 is 33.1 Å². The molecule has 2 N–H and O–H groups in total. The molecule has 1 fully saturated rings. The van der Waals surface area contributed by atoms with Crippen LogP contribution >= 0.6 is 0 Å². The van der Waals surface area contributed by atoms with E-state index in [4.69, 9.17) is 9.63 Å². The molecule has 4 rings (SSSR count). The summed E-state index contributed by atoms with van der Waals surface area (Å²) >= 11 is 0. The largest absolute Gasteiger partial charge is 0.503 e. The Hall–Kier alpha value is -3.34. The topological polar surface area (TPSA) is 122 Å². The number of hydrogen-bond acceptors (Lipinski definition) is 7. The number of rotatable bonds is 6. The summed E-state index contributed by atoms with van der Waals surface area (Å²) in [5.74, 6) is -2.92. The molecule has 8 nitrogen and oxygen atoms in total. The third kappa shape index (κ3) is 5.24. The van der Waals surface area contributed by atoms with E-state index in [0.29, 0.717) is 23.8 Å². The molecule has 1 heterocycles. The Bertz CT molecular complexity index is 1280. The number of aromatic nitrogens is 2. The number of carbonyl (C=O) groups excluding carboxylic acids is 1. The number of sulfone groups is 1. The van der Waals surface area contributed by atoms with E-state index in [1.165, 1.54) is 12.1 Å². The van der Waals surface area contributed by atoms with Gasteiger partial charge in [-0.25, -0.2) is 17.2 Å². The van der Waals surface area contributed by atoms with Gasteiger partial charge in [-0.1, -0.05) is 5.16 Å². The quantitative estimate of drug-likeness (QED) is 0.537. The van der Waals surface area contributed by atoms with E-state index in [-0.39, 0.29) is 22.3 Å². The van der Waals surface area contributed by atoms with Crippen LogP contribution in [0.3, 0.4) is 0 Å². The predicted octanol–water partition coefficient (Wildman–Crippen LogP) is 3.83. The van der Waals surface area contributed by atoms with E-state index in [1.807, 2.05) is 0 Å². The van der Waals surface area contributed by atoms with Crippen LogP contribution in [0.2, 0.25) is 0 Å². The molecule has 1 aliphatic carbocycles. The fourth-order valence-corrected chi connectivity index (χ4v) is 4.65. The van der Waals surface area contributed by atoms with E-state index in [1.54, 1.807) is 12.1 Å². The van der Waals surface area contributed by atoms with Crippen LogP contribution in [-0.2, 0) is 9.84 Å². The van der Waals surface area contributed by atoms with Gasteiger partial charge in [0.15, 0.2) is 27.2 Å². The number of phenols is 1. The molecule has 3 aromatic rings. The Morgan fingerprint density at radius 2 is 1.74 bits per heavy atom. The molecule has 1 amide bonds. The Kier molecular flexibility index (Phi) is 6.65. The maximum atomic E-state index is 13.5. The van der Waals surface area contributed by atoms with Crippen molar-refractivity contribution >= 4 is 15.7 Å². The molecule has 0 saturated heterocycles.